The van der Waals surface area contributed by atoms with Gasteiger partial charge >= 0.3 is 0 Å². The van der Waals surface area contributed by atoms with E-state index in [4.69, 9.17) is 0 Å². The zero-order valence-corrected chi connectivity index (χ0v) is 14.6. The Morgan fingerprint density at radius 2 is 1.92 bits per heavy atom. The zero-order chi connectivity index (χ0) is 18.0. The molecule has 25 heavy (non-hydrogen) atoms. The van der Waals surface area contributed by atoms with E-state index in [1.54, 1.807) is 4.90 Å². The van der Waals surface area contributed by atoms with Crippen LogP contribution in [-0.4, -0.2) is 27.4 Å². The summed E-state index contributed by atoms with van der Waals surface area (Å²) in [5.74, 6) is -0.573. The summed E-state index contributed by atoms with van der Waals surface area (Å²) in [5, 5.41) is 0. The van der Waals surface area contributed by atoms with Gasteiger partial charge in [0.25, 0.3) is 0 Å². The van der Waals surface area contributed by atoms with Gasteiger partial charge in [-0.2, -0.15) is 0 Å². The van der Waals surface area contributed by atoms with Gasteiger partial charge in [-0.05, 0) is 48.7 Å². The zero-order valence-electron chi connectivity index (χ0n) is 13.8. The standard InChI is InChI=1S/C18H19FN2O3S/c1-13-9-16(7-8-17(13)19)25(23,24)20-11-14-10-18(22)21(12-14)15-5-3-2-4-6-15/h2-9,14,20H,10-12H2,1H3. The highest BCUT2D eigenvalue weighted by Crippen LogP contribution is 2.24. The Labute approximate surface area is 146 Å². The van der Waals surface area contributed by atoms with E-state index in [0.29, 0.717) is 13.0 Å². The molecule has 1 amide bonds. The van der Waals surface area contributed by atoms with Crippen molar-refractivity contribution in [2.24, 2.45) is 5.92 Å². The monoisotopic (exact) mass is 362 g/mol. The van der Waals surface area contributed by atoms with Crippen LogP contribution in [0.15, 0.2) is 53.4 Å². The Morgan fingerprint density at radius 1 is 1.20 bits per heavy atom. The molecular formula is C18H19FN2O3S. The number of nitrogens with one attached hydrogen (secondary N) is 1. The van der Waals surface area contributed by atoms with Crippen molar-refractivity contribution in [3.63, 3.8) is 0 Å². The largest absolute Gasteiger partial charge is 0.312 e. The van der Waals surface area contributed by atoms with Crippen LogP contribution in [0.2, 0.25) is 0 Å². The molecule has 132 valence electrons. The van der Waals surface area contributed by atoms with E-state index in [-0.39, 0.29) is 28.8 Å². The molecule has 0 saturated carbocycles. The number of carbonyl (C=O) groups excluding carboxylic acids is 1. The summed E-state index contributed by atoms with van der Waals surface area (Å²) < 4.78 is 40.5. The third kappa shape index (κ3) is 3.88. The molecule has 2 aromatic rings. The molecule has 1 saturated heterocycles. The third-order valence-electron chi connectivity index (χ3n) is 4.27. The summed E-state index contributed by atoms with van der Waals surface area (Å²) in [7, 11) is -3.73. The van der Waals surface area contributed by atoms with Crippen molar-refractivity contribution >= 4 is 21.6 Å². The molecule has 7 heteroatoms. The Kier molecular flexibility index (Phi) is 4.87. The minimum atomic E-state index is -3.73. The van der Waals surface area contributed by atoms with Gasteiger partial charge in [-0.25, -0.2) is 17.5 Å². The summed E-state index contributed by atoms with van der Waals surface area (Å²) in [6.45, 7) is 2.14. The highest BCUT2D eigenvalue weighted by atomic mass is 32.2. The first-order chi connectivity index (χ1) is 11.9. The van der Waals surface area contributed by atoms with Gasteiger partial charge in [-0.1, -0.05) is 18.2 Å². The Morgan fingerprint density at radius 3 is 2.60 bits per heavy atom. The van der Waals surface area contributed by atoms with Crippen LogP contribution < -0.4 is 9.62 Å². The number of aryl methyl sites for hydroxylation is 1. The van der Waals surface area contributed by atoms with Gasteiger partial charge in [0, 0.05) is 25.2 Å². The number of hydrogen-bond acceptors (Lipinski definition) is 3. The molecule has 1 fully saturated rings. The fourth-order valence-electron chi connectivity index (χ4n) is 2.87. The molecule has 1 aliphatic rings. The minimum Gasteiger partial charge on any atom is -0.312 e. The number of para-hydroxylation sites is 1. The van der Waals surface area contributed by atoms with Crippen LogP contribution in [0.25, 0.3) is 0 Å². The molecular weight excluding hydrogens is 343 g/mol. The highest BCUT2D eigenvalue weighted by Gasteiger charge is 2.31. The normalized spacial score (nSPS) is 17.9. The molecule has 0 bridgehead atoms. The molecule has 0 spiro atoms. The summed E-state index contributed by atoms with van der Waals surface area (Å²) in [4.78, 5) is 13.9. The fraction of sp³-hybridized carbons (Fsp3) is 0.278. The van der Waals surface area contributed by atoms with Crippen molar-refractivity contribution in [1.82, 2.24) is 4.72 Å². The lowest BCUT2D eigenvalue weighted by Crippen LogP contribution is -2.31. The molecule has 1 heterocycles. The van der Waals surface area contributed by atoms with Crippen LogP contribution in [0.3, 0.4) is 0 Å². The quantitative estimate of drug-likeness (QED) is 0.889. The van der Waals surface area contributed by atoms with E-state index in [0.717, 1.165) is 11.8 Å². The molecule has 2 aromatic carbocycles. The van der Waals surface area contributed by atoms with Crippen LogP contribution in [0.4, 0.5) is 10.1 Å². The van der Waals surface area contributed by atoms with Crippen molar-refractivity contribution in [3.05, 3.63) is 59.9 Å². The van der Waals surface area contributed by atoms with E-state index in [1.165, 1.54) is 19.1 Å². The second kappa shape index (κ2) is 6.93. The molecule has 0 aliphatic carbocycles. The topological polar surface area (TPSA) is 66.5 Å². The smallest absolute Gasteiger partial charge is 0.240 e. The van der Waals surface area contributed by atoms with Gasteiger partial charge in [-0.3, -0.25) is 4.79 Å². The Bertz CT molecular complexity index is 884. The first-order valence-corrected chi connectivity index (χ1v) is 9.46. The van der Waals surface area contributed by atoms with E-state index in [2.05, 4.69) is 4.72 Å². The number of benzene rings is 2. The van der Waals surface area contributed by atoms with E-state index < -0.39 is 15.8 Å². The molecule has 0 radical (unpaired) electrons. The summed E-state index contributed by atoms with van der Waals surface area (Å²) in [6, 6.07) is 13.0. The maximum atomic E-state index is 13.3. The van der Waals surface area contributed by atoms with Gasteiger partial charge in [-0.15, -0.1) is 0 Å². The first kappa shape index (κ1) is 17.6. The number of nitrogens with zero attached hydrogens (tertiary/aromatic N) is 1. The molecule has 5 nitrogen and oxygen atoms in total. The summed E-state index contributed by atoms with van der Waals surface area (Å²) in [6.07, 6.45) is 0.292. The summed E-state index contributed by atoms with van der Waals surface area (Å²) >= 11 is 0. The van der Waals surface area contributed by atoms with Gasteiger partial charge in [0.05, 0.1) is 4.90 Å². The number of anilines is 1. The van der Waals surface area contributed by atoms with E-state index in [1.807, 2.05) is 30.3 Å². The Balaban J connectivity index is 1.65. The molecule has 3 rings (SSSR count). The van der Waals surface area contributed by atoms with Crippen LogP contribution in [0.5, 0.6) is 0 Å². The third-order valence-corrected chi connectivity index (χ3v) is 5.70. The second-order valence-electron chi connectivity index (χ2n) is 6.17. The molecule has 0 aromatic heterocycles. The van der Waals surface area contributed by atoms with Gasteiger partial charge in [0.15, 0.2) is 0 Å². The Hall–Kier alpha value is -2.25. The van der Waals surface area contributed by atoms with Crippen molar-refractivity contribution in [1.29, 1.82) is 0 Å². The first-order valence-electron chi connectivity index (χ1n) is 7.98. The van der Waals surface area contributed by atoms with Crippen molar-refractivity contribution in [2.45, 2.75) is 18.2 Å². The average Bonchev–Trinajstić information content (AvgIpc) is 2.97. The summed E-state index contributed by atoms with van der Waals surface area (Å²) in [5.41, 5.74) is 1.08. The number of sulfonamides is 1. The van der Waals surface area contributed by atoms with Gasteiger partial charge in [0.1, 0.15) is 5.82 Å². The van der Waals surface area contributed by atoms with Crippen LogP contribution in [-0.2, 0) is 14.8 Å². The average molecular weight is 362 g/mol. The molecule has 1 aliphatic heterocycles. The number of carbonyl (C=O) groups is 1. The van der Waals surface area contributed by atoms with E-state index >= 15 is 0 Å². The van der Waals surface area contributed by atoms with Gasteiger partial charge < -0.3 is 4.90 Å². The lowest BCUT2D eigenvalue weighted by Gasteiger charge is -2.17. The number of rotatable bonds is 5. The molecule has 1 unspecified atom stereocenters. The lowest BCUT2D eigenvalue weighted by molar-refractivity contribution is -0.117. The fourth-order valence-corrected chi connectivity index (χ4v) is 4.07. The van der Waals surface area contributed by atoms with Crippen molar-refractivity contribution < 1.29 is 17.6 Å². The van der Waals surface area contributed by atoms with Crippen molar-refractivity contribution in [3.8, 4) is 0 Å². The lowest BCUT2D eigenvalue weighted by atomic mass is 10.1. The number of halogens is 1. The molecule has 1 atom stereocenters. The predicted molar refractivity (Wildman–Crippen MR) is 93.2 cm³/mol. The second-order valence-corrected chi connectivity index (χ2v) is 7.94. The van der Waals surface area contributed by atoms with Gasteiger partial charge in [0.2, 0.25) is 15.9 Å². The number of amides is 1. The molecule has 1 N–H and O–H groups in total. The SMILES string of the molecule is Cc1cc(S(=O)(=O)NCC2CC(=O)N(c3ccccc3)C2)ccc1F. The van der Waals surface area contributed by atoms with Crippen LogP contribution >= 0.6 is 0 Å². The van der Waals surface area contributed by atoms with Crippen LogP contribution in [0.1, 0.15) is 12.0 Å². The van der Waals surface area contributed by atoms with Crippen LogP contribution in [0, 0.1) is 18.7 Å². The maximum Gasteiger partial charge on any atom is 0.240 e. The number of hydrogen-bond donors (Lipinski definition) is 1. The maximum absolute atomic E-state index is 13.3. The van der Waals surface area contributed by atoms with Crippen molar-refractivity contribution in [2.75, 3.05) is 18.0 Å². The van der Waals surface area contributed by atoms with E-state index in [9.17, 15) is 17.6 Å². The minimum absolute atomic E-state index is 0.0203. The predicted octanol–water partition coefficient (Wildman–Crippen LogP) is 2.47. The highest BCUT2D eigenvalue weighted by molar-refractivity contribution is 7.89.